The Hall–Kier alpha value is -2.90. The highest BCUT2D eigenvalue weighted by atomic mass is 19.1. The number of rotatable bonds is 7. The van der Waals surface area contributed by atoms with Crippen molar-refractivity contribution in [3.8, 4) is 5.75 Å². The summed E-state index contributed by atoms with van der Waals surface area (Å²) in [7, 11) is 0. The highest BCUT2D eigenvalue weighted by Gasteiger charge is 2.18. The second-order valence-corrected chi connectivity index (χ2v) is 5.93. The summed E-state index contributed by atoms with van der Waals surface area (Å²) < 4.78 is 22.4. The molecule has 0 bridgehead atoms. The number of nitrogens with one attached hydrogen (secondary N) is 1. The maximum atomic E-state index is 13.7. The average Bonchev–Trinajstić information content (AvgIpc) is 2.99. The Balaban J connectivity index is 2.05. The first-order chi connectivity index (χ1) is 12.6. The number of aromatic nitrogens is 4. The number of imidazole rings is 1. The van der Waals surface area contributed by atoms with Crippen LogP contribution in [0.15, 0.2) is 33.9 Å². The predicted molar refractivity (Wildman–Crippen MR) is 95.9 cm³/mol. The number of fused-ring (bicyclic) bond motifs is 1. The van der Waals surface area contributed by atoms with Crippen molar-refractivity contribution in [2.75, 3.05) is 0 Å². The lowest BCUT2D eigenvalue weighted by Gasteiger charge is -2.08. The van der Waals surface area contributed by atoms with Gasteiger partial charge in [-0.1, -0.05) is 25.5 Å². The fourth-order valence-corrected chi connectivity index (χ4v) is 2.90. The largest absolute Gasteiger partial charge is 0.483 e. The number of hydrogen-bond acceptors (Lipinski definition) is 4. The molecule has 0 aliphatic rings. The number of hydrogen-bond donors (Lipinski definition) is 1. The van der Waals surface area contributed by atoms with Crippen molar-refractivity contribution in [2.24, 2.45) is 0 Å². The lowest BCUT2D eigenvalue weighted by molar-refractivity contribution is 0.276. The number of nitrogens with zero attached hydrogens (tertiary/aromatic N) is 3. The van der Waals surface area contributed by atoms with Crippen LogP contribution in [0.1, 0.15) is 32.5 Å². The van der Waals surface area contributed by atoms with E-state index in [1.807, 2.05) is 13.8 Å². The first-order valence-corrected chi connectivity index (χ1v) is 8.66. The molecule has 26 heavy (non-hydrogen) atoms. The molecular formula is C18H21FN4O3. The smallest absolute Gasteiger partial charge is 0.330 e. The molecule has 138 valence electrons. The quantitative estimate of drug-likeness (QED) is 0.702. The van der Waals surface area contributed by atoms with Crippen LogP contribution in [-0.2, 0) is 19.7 Å². The van der Waals surface area contributed by atoms with Crippen LogP contribution in [0.25, 0.3) is 11.2 Å². The molecule has 0 spiro atoms. The van der Waals surface area contributed by atoms with Crippen LogP contribution in [0, 0.1) is 5.82 Å². The molecule has 0 atom stereocenters. The molecule has 0 saturated carbocycles. The minimum absolute atomic E-state index is 0.00907. The van der Waals surface area contributed by atoms with Gasteiger partial charge < -0.3 is 9.30 Å². The maximum absolute atomic E-state index is 13.7. The molecular weight excluding hydrogens is 339 g/mol. The maximum Gasteiger partial charge on any atom is 0.330 e. The van der Waals surface area contributed by atoms with E-state index in [2.05, 4.69) is 9.97 Å². The molecule has 0 radical (unpaired) electrons. The van der Waals surface area contributed by atoms with E-state index >= 15 is 0 Å². The van der Waals surface area contributed by atoms with Gasteiger partial charge in [0.2, 0.25) is 0 Å². The van der Waals surface area contributed by atoms with Crippen molar-refractivity contribution in [3.63, 3.8) is 0 Å². The molecule has 3 aromatic rings. The van der Waals surface area contributed by atoms with Gasteiger partial charge in [0.15, 0.2) is 22.7 Å². The van der Waals surface area contributed by atoms with Gasteiger partial charge in [-0.3, -0.25) is 14.3 Å². The Morgan fingerprint density at radius 1 is 1.19 bits per heavy atom. The molecule has 0 aliphatic carbocycles. The molecule has 0 aliphatic heterocycles. The fourth-order valence-electron chi connectivity index (χ4n) is 2.90. The Kier molecular flexibility index (Phi) is 5.20. The number of aryl methyl sites for hydroxylation is 2. The molecule has 0 saturated heterocycles. The molecule has 1 N–H and O–H groups in total. The minimum atomic E-state index is -0.482. The van der Waals surface area contributed by atoms with Gasteiger partial charge in [-0.05, 0) is 25.5 Å². The summed E-state index contributed by atoms with van der Waals surface area (Å²) in [4.78, 5) is 31.3. The molecule has 2 aromatic heterocycles. The summed E-state index contributed by atoms with van der Waals surface area (Å²) in [5, 5.41) is 0. The standard InChI is InChI=1S/C18H21FN4O3/c1-3-5-10-23-16-15(17(24)21-18(23)25)22(4-2)14(20-16)11-26-13-9-7-6-8-12(13)19/h6-9H,3-5,10-11H2,1-2H3,(H,21,24,25). The van der Waals surface area contributed by atoms with E-state index in [1.165, 1.54) is 16.7 Å². The summed E-state index contributed by atoms with van der Waals surface area (Å²) in [5.74, 6) is 0.107. The third-order valence-corrected chi connectivity index (χ3v) is 4.21. The zero-order chi connectivity index (χ0) is 18.7. The summed E-state index contributed by atoms with van der Waals surface area (Å²) in [6.07, 6.45) is 1.70. The first-order valence-electron chi connectivity index (χ1n) is 8.66. The Morgan fingerprint density at radius 3 is 2.65 bits per heavy atom. The lowest BCUT2D eigenvalue weighted by Crippen LogP contribution is -2.31. The minimum Gasteiger partial charge on any atom is -0.483 e. The van der Waals surface area contributed by atoms with Crippen molar-refractivity contribution >= 4 is 11.2 Å². The van der Waals surface area contributed by atoms with Crippen LogP contribution >= 0.6 is 0 Å². The van der Waals surface area contributed by atoms with Gasteiger partial charge in [0.25, 0.3) is 5.56 Å². The van der Waals surface area contributed by atoms with Crippen LogP contribution in [-0.4, -0.2) is 19.1 Å². The summed E-state index contributed by atoms with van der Waals surface area (Å²) in [6.45, 7) is 4.82. The van der Waals surface area contributed by atoms with Crippen molar-refractivity contribution in [1.82, 2.24) is 19.1 Å². The van der Waals surface area contributed by atoms with E-state index in [0.29, 0.717) is 30.1 Å². The van der Waals surface area contributed by atoms with Gasteiger partial charge in [-0.25, -0.2) is 14.2 Å². The zero-order valence-corrected chi connectivity index (χ0v) is 14.8. The van der Waals surface area contributed by atoms with E-state index in [9.17, 15) is 14.0 Å². The summed E-state index contributed by atoms with van der Waals surface area (Å²) in [6, 6.07) is 6.09. The summed E-state index contributed by atoms with van der Waals surface area (Å²) >= 11 is 0. The number of benzene rings is 1. The number of para-hydroxylation sites is 1. The van der Waals surface area contributed by atoms with Crippen molar-refractivity contribution in [2.45, 2.75) is 46.4 Å². The van der Waals surface area contributed by atoms with Crippen LogP contribution in [0.2, 0.25) is 0 Å². The highest BCUT2D eigenvalue weighted by molar-refractivity contribution is 5.70. The van der Waals surface area contributed by atoms with Crippen molar-refractivity contribution < 1.29 is 9.13 Å². The van der Waals surface area contributed by atoms with Crippen molar-refractivity contribution in [1.29, 1.82) is 0 Å². The third-order valence-electron chi connectivity index (χ3n) is 4.21. The number of unbranched alkanes of at least 4 members (excludes halogenated alkanes) is 1. The molecule has 8 heteroatoms. The molecule has 3 rings (SSSR count). The van der Waals surface area contributed by atoms with E-state index in [-0.39, 0.29) is 12.4 Å². The van der Waals surface area contributed by atoms with E-state index in [0.717, 1.165) is 12.8 Å². The fraction of sp³-hybridized carbons (Fsp3) is 0.389. The SMILES string of the molecule is CCCCn1c(=O)[nH]c(=O)c2c1nc(COc1ccccc1F)n2CC. The lowest BCUT2D eigenvalue weighted by atomic mass is 10.3. The van der Waals surface area contributed by atoms with Crippen molar-refractivity contribution in [3.05, 3.63) is 56.7 Å². The Bertz CT molecular complexity index is 1040. The molecule has 1 aromatic carbocycles. The number of halogens is 1. The third kappa shape index (κ3) is 3.26. The van der Waals surface area contributed by atoms with E-state index in [1.54, 1.807) is 16.7 Å². The summed E-state index contributed by atoms with van der Waals surface area (Å²) in [5.41, 5.74) is -0.293. The monoisotopic (exact) mass is 360 g/mol. The van der Waals surface area contributed by atoms with Crippen LogP contribution in [0.4, 0.5) is 4.39 Å². The molecule has 0 fully saturated rings. The predicted octanol–water partition coefficient (Wildman–Crippen LogP) is 2.42. The second-order valence-electron chi connectivity index (χ2n) is 5.93. The van der Waals surface area contributed by atoms with Gasteiger partial charge >= 0.3 is 5.69 Å². The van der Waals surface area contributed by atoms with Gasteiger partial charge in [-0.15, -0.1) is 0 Å². The van der Waals surface area contributed by atoms with Gasteiger partial charge in [0.1, 0.15) is 12.4 Å². The second kappa shape index (κ2) is 7.55. The Morgan fingerprint density at radius 2 is 1.96 bits per heavy atom. The van der Waals surface area contributed by atoms with Gasteiger partial charge in [0, 0.05) is 13.1 Å². The molecule has 0 unspecified atom stereocenters. The molecule has 0 amide bonds. The van der Waals surface area contributed by atoms with Gasteiger partial charge in [0.05, 0.1) is 0 Å². The number of ether oxygens (including phenoxy) is 1. The Labute approximate surface area is 149 Å². The van der Waals surface area contributed by atoms with E-state index < -0.39 is 17.1 Å². The van der Waals surface area contributed by atoms with E-state index in [4.69, 9.17) is 4.74 Å². The molecule has 2 heterocycles. The normalized spacial score (nSPS) is 11.2. The first kappa shape index (κ1) is 17.9. The average molecular weight is 360 g/mol. The zero-order valence-electron chi connectivity index (χ0n) is 14.8. The van der Waals surface area contributed by atoms with Crippen LogP contribution in [0.3, 0.4) is 0 Å². The van der Waals surface area contributed by atoms with Gasteiger partial charge in [-0.2, -0.15) is 0 Å². The number of H-pyrrole nitrogens is 1. The number of aromatic amines is 1. The van der Waals surface area contributed by atoms with Crippen LogP contribution in [0.5, 0.6) is 5.75 Å². The highest BCUT2D eigenvalue weighted by Crippen LogP contribution is 2.18. The van der Waals surface area contributed by atoms with Crippen LogP contribution < -0.4 is 16.0 Å². The topological polar surface area (TPSA) is 81.9 Å². The molecule has 7 nitrogen and oxygen atoms in total.